The van der Waals surface area contributed by atoms with Gasteiger partial charge in [-0.25, -0.2) is 0 Å². The first-order valence-electron chi connectivity index (χ1n) is 10.7. The molecule has 8 nitrogen and oxygen atoms in total. The molecule has 0 bridgehead atoms. The number of anilines is 2. The van der Waals surface area contributed by atoms with Gasteiger partial charge < -0.3 is 24.8 Å². The van der Waals surface area contributed by atoms with Crippen molar-refractivity contribution in [2.75, 3.05) is 31.5 Å². The van der Waals surface area contributed by atoms with Crippen molar-refractivity contribution in [2.45, 2.75) is 6.92 Å². The van der Waals surface area contributed by atoms with Crippen LogP contribution >= 0.6 is 0 Å². The highest BCUT2D eigenvalue weighted by atomic mass is 16.5. The van der Waals surface area contributed by atoms with Gasteiger partial charge in [-0.3, -0.25) is 9.59 Å². The molecule has 2 amide bonds. The third-order valence-corrected chi connectivity index (χ3v) is 4.87. The number of carbonyl (C=O) groups is 2. The van der Waals surface area contributed by atoms with E-state index in [4.69, 9.17) is 14.2 Å². The SMILES string of the molecule is COc1ccc(NC(=O)COc2ccc(/C=C(\C#N)C(=O)Nc3cccc(C)c3)cc2OC)cc1. The summed E-state index contributed by atoms with van der Waals surface area (Å²) in [5, 5.41) is 14.9. The molecule has 0 aromatic heterocycles. The van der Waals surface area contributed by atoms with Gasteiger partial charge in [0.1, 0.15) is 17.4 Å². The summed E-state index contributed by atoms with van der Waals surface area (Å²) in [5.74, 6) is 0.517. The topological polar surface area (TPSA) is 110 Å². The number of rotatable bonds is 9. The van der Waals surface area contributed by atoms with Crippen LogP contribution in [-0.4, -0.2) is 32.6 Å². The van der Waals surface area contributed by atoms with Crippen molar-refractivity contribution in [1.82, 2.24) is 0 Å². The predicted molar refractivity (Wildman–Crippen MR) is 134 cm³/mol. The van der Waals surface area contributed by atoms with E-state index in [1.165, 1.54) is 13.2 Å². The number of carbonyl (C=O) groups excluding carboxylic acids is 2. The van der Waals surface area contributed by atoms with Crippen molar-refractivity contribution in [2.24, 2.45) is 0 Å². The molecular weight excluding hydrogens is 446 g/mol. The molecule has 3 aromatic carbocycles. The fraction of sp³-hybridized carbons (Fsp3) is 0.148. The van der Waals surface area contributed by atoms with Crippen LogP contribution in [0.15, 0.2) is 72.3 Å². The zero-order valence-electron chi connectivity index (χ0n) is 19.6. The van der Waals surface area contributed by atoms with Crippen LogP contribution in [0.3, 0.4) is 0 Å². The number of nitriles is 1. The third kappa shape index (κ3) is 7.11. The molecule has 0 saturated carbocycles. The van der Waals surface area contributed by atoms with E-state index in [1.54, 1.807) is 55.6 Å². The van der Waals surface area contributed by atoms with Gasteiger partial charge in [0.2, 0.25) is 0 Å². The largest absolute Gasteiger partial charge is 0.497 e. The van der Waals surface area contributed by atoms with Gasteiger partial charge in [-0.05, 0) is 72.7 Å². The average molecular weight is 472 g/mol. The van der Waals surface area contributed by atoms with Crippen LogP contribution in [0.1, 0.15) is 11.1 Å². The summed E-state index contributed by atoms with van der Waals surface area (Å²) >= 11 is 0. The minimum absolute atomic E-state index is 0.0684. The third-order valence-electron chi connectivity index (χ3n) is 4.87. The lowest BCUT2D eigenvalue weighted by Gasteiger charge is -2.12. The smallest absolute Gasteiger partial charge is 0.266 e. The first-order valence-corrected chi connectivity index (χ1v) is 10.7. The number of nitrogens with one attached hydrogen (secondary N) is 2. The molecule has 0 aliphatic rings. The van der Waals surface area contributed by atoms with E-state index in [1.807, 2.05) is 31.2 Å². The monoisotopic (exact) mass is 471 g/mol. The Bertz CT molecular complexity index is 1280. The molecule has 0 aliphatic carbocycles. The second-order valence-electron chi connectivity index (χ2n) is 7.47. The summed E-state index contributed by atoms with van der Waals surface area (Å²) in [6.07, 6.45) is 1.45. The van der Waals surface area contributed by atoms with Gasteiger partial charge in [-0.1, -0.05) is 18.2 Å². The molecule has 2 N–H and O–H groups in total. The van der Waals surface area contributed by atoms with Gasteiger partial charge in [0.25, 0.3) is 11.8 Å². The summed E-state index contributed by atoms with van der Waals surface area (Å²) in [6.45, 7) is 1.68. The summed E-state index contributed by atoms with van der Waals surface area (Å²) in [4.78, 5) is 24.8. The van der Waals surface area contributed by atoms with Crippen molar-refractivity contribution in [3.05, 3.63) is 83.4 Å². The highest BCUT2D eigenvalue weighted by Gasteiger charge is 2.12. The van der Waals surface area contributed by atoms with Crippen molar-refractivity contribution in [1.29, 1.82) is 5.26 Å². The van der Waals surface area contributed by atoms with Crippen LogP contribution in [0, 0.1) is 18.3 Å². The van der Waals surface area contributed by atoms with Crippen LogP contribution in [-0.2, 0) is 9.59 Å². The van der Waals surface area contributed by atoms with E-state index < -0.39 is 5.91 Å². The number of hydrogen-bond acceptors (Lipinski definition) is 6. The second kappa shape index (κ2) is 11.9. The molecule has 0 aliphatic heterocycles. The lowest BCUT2D eigenvalue weighted by Crippen LogP contribution is -2.20. The minimum Gasteiger partial charge on any atom is -0.497 e. The second-order valence-corrected chi connectivity index (χ2v) is 7.47. The van der Waals surface area contributed by atoms with Gasteiger partial charge in [-0.2, -0.15) is 5.26 Å². The highest BCUT2D eigenvalue weighted by molar-refractivity contribution is 6.09. The zero-order valence-corrected chi connectivity index (χ0v) is 19.6. The Labute approximate surface area is 203 Å². The minimum atomic E-state index is -0.521. The Morgan fingerprint density at radius 1 is 0.914 bits per heavy atom. The standard InChI is InChI=1S/C27H25N3O5/c1-18-5-4-6-22(13-18)30-27(32)20(16-28)14-19-7-12-24(25(15-19)34-3)35-17-26(31)29-21-8-10-23(33-2)11-9-21/h4-15H,17H2,1-3H3,(H,29,31)(H,30,32)/b20-14+. The van der Waals surface area contributed by atoms with Gasteiger partial charge >= 0.3 is 0 Å². The Hall–Kier alpha value is -4.77. The van der Waals surface area contributed by atoms with Gasteiger partial charge in [-0.15, -0.1) is 0 Å². The Morgan fingerprint density at radius 2 is 1.69 bits per heavy atom. The van der Waals surface area contributed by atoms with Crippen LogP contribution in [0.2, 0.25) is 0 Å². The van der Waals surface area contributed by atoms with E-state index >= 15 is 0 Å². The van der Waals surface area contributed by atoms with Crippen molar-refractivity contribution < 1.29 is 23.8 Å². The zero-order chi connectivity index (χ0) is 25.2. The molecule has 3 aromatic rings. The summed E-state index contributed by atoms with van der Waals surface area (Å²) < 4.78 is 16.1. The normalized spacial score (nSPS) is 10.6. The Balaban J connectivity index is 1.66. The molecule has 0 atom stereocenters. The number of amides is 2. The number of ether oxygens (including phenoxy) is 3. The van der Waals surface area contributed by atoms with Gasteiger partial charge in [0.15, 0.2) is 18.1 Å². The van der Waals surface area contributed by atoms with Crippen LogP contribution in [0.4, 0.5) is 11.4 Å². The van der Waals surface area contributed by atoms with E-state index in [0.717, 1.165) is 5.56 Å². The Morgan fingerprint density at radius 3 is 2.34 bits per heavy atom. The lowest BCUT2D eigenvalue weighted by atomic mass is 10.1. The quantitative estimate of drug-likeness (QED) is 0.349. The fourth-order valence-electron chi connectivity index (χ4n) is 3.14. The lowest BCUT2D eigenvalue weighted by molar-refractivity contribution is -0.118. The molecule has 3 rings (SSSR count). The van der Waals surface area contributed by atoms with Crippen molar-refractivity contribution in [3.8, 4) is 23.3 Å². The molecular formula is C27H25N3O5. The van der Waals surface area contributed by atoms with E-state index in [-0.39, 0.29) is 18.1 Å². The van der Waals surface area contributed by atoms with Crippen LogP contribution in [0.25, 0.3) is 6.08 Å². The first kappa shape index (κ1) is 24.9. The number of benzene rings is 3. The molecule has 0 heterocycles. The summed E-state index contributed by atoms with van der Waals surface area (Å²) in [7, 11) is 3.03. The van der Waals surface area contributed by atoms with E-state index in [2.05, 4.69) is 10.6 Å². The van der Waals surface area contributed by atoms with Crippen LogP contribution in [0.5, 0.6) is 17.2 Å². The number of methoxy groups -OCH3 is 2. The van der Waals surface area contributed by atoms with Crippen molar-refractivity contribution in [3.63, 3.8) is 0 Å². The van der Waals surface area contributed by atoms with Gasteiger partial charge in [0, 0.05) is 11.4 Å². The van der Waals surface area contributed by atoms with Gasteiger partial charge in [0.05, 0.1) is 14.2 Å². The predicted octanol–water partition coefficient (Wildman–Crippen LogP) is 4.58. The number of nitrogens with zero attached hydrogens (tertiary/aromatic N) is 1. The Kier molecular flexibility index (Phi) is 8.46. The molecule has 0 spiro atoms. The summed E-state index contributed by atoms with van der Waals surface area (Å²) in [6, 6.07) is 21.0. The average Bonchev–Trinajstić information content (AvgIpc) is 2.86. The first-order chi connectivity index (χ1) is 16.9. The molecule has 0 radical (unpaired) electrons. The highest BCUT2D eigenvalue weighted by Crippen LogP contribution is 2.29. The molecule has 8 heteroatoms. The molecule has 178 valence electrons. The fourth-order valence-corrected chi connectivity index (χ4v) is 3.14. The van der Waals surface area contributed by atoms with E-state index in [9.17, 15) is 14.9 Å². The van der Waals surface area contributed by atoms with Crippen LogP contribution < -0.4 is 24.8 Å². The molecule has 0 fully saturated rings. The van der Waals surface area contributed by atoms with Crippen molar-refractivity contribution >= 4 is 29.3 Å². The van der Waals surface area contributed by atoms with E-state index in [0.29, 0.717) is 34.2 Å². The molecule has 0 saturated heterocycles. The maximum absolute atomic E-state index is 12.5. The maximum Gasteiger partial charge on any atom is 0.266 e. The number of hydrogen-bond donors (Lipinski definition) is 2. The number of aryl methyl sites for hydroxylation is 1. The molecule has 35 heavy (non-hydrogen) atoms. The maximum atomic E-state index is 12.5. The molecule has 0 unspecified atom stereocenters. The summed E-state index contributed by atoms with van der Waals surface area (Å²) in [5.41, 5.74) is 2.70.